The Kier molecular flexibility index (Phi) is 4.76. The molecule has 3 aromatic rings. The van der Waals surface area contributed by atoms with Crippen molar-refractivity contribution in [2.45, 2.75) is 18.7 Å². The molecule has 0 atom stereocenters. The van der Waals surface area contributed by atoms with Crippen LogP contribution >= 0.6 is 11.6 Å². The lowest BCUT2D eigenvalue weighted by Crippen LogP contribution is -2.21. The van der Waals surface area contributed by atoms with Crippen molar-refractivity contribution in [3.63, 3.8) is 0 Å². The van der Waals surface area contributed by atoms with Crippen LogP contribution in [0.4, 0.5) is 16.3 Å². The van der Waals surface area contributed by atoms with Crippen LogP contribution in [-0.4, -0.2) is 15.8 Å². The van der Waals surface area contributed by atoms with Gasteiger partial charge in [0.05, 0.1) is 16.3 Å². The zero-order valence-corrected chi connectivity index (χ0v) is 14.8. The van der Waals surface area contributed by atoms with Gasteiger partial charge in [0.25, 0.3) is 0 Å². The number of benzene rings is 2. The molecule has 2 aromatic carbocycles. The molecule has 2 amide bonds. The Bertz CT molecular complexity index is 854. The molecule has 0 bridgehead atoms. The summed E-state index contributed by atoms with van der Waals surface area (Å²) in [5, 5.41) is 10.2. The molecule has 0 spiro atoms. The molecular formula is C19H19ClN4O. The van der Waals surface area contributed by atoms with E-state index in [0.29, 0.717) is 17.2 Å². The number of urea groups is 1. The Morgan fingerprint density at radius 3 is 2.20 bits per heavy atom. The quantitative estimate of drug-likeness (QED) is 0.648. The monoisotopic (exact) mass is 354 g/mol. The van der Waals surface area contributed by atoms with E-state index >= 15 is 0 Å². The van der Waals surface area contributed by atoms with E-state index < -0.39 is 4.87 Å². The minimum atomic E-state index is -0.646. The lowest BCUT2D eigenvalue weighted by molar-refractivity contribution is 0.262. The molecule has 2 N–H and O–H groups in total. The molecule has 1 heterocycles. The lowest BCUT2D eigenvalue weighted by Gasteiger charge is -2.11. The number of nitrogens with one attached hydrogen (secondary N) is 2. The van der Waals surface area contributed by atoms with E-state index in [1.165, 1.54) is 0 Å². The highest BCUT2D eigenvalue weighted by Crippen LogP contribution is 2.30. The Morgan fingerprint density at radius 2 is 1.60 bits per heavy atom. The number of hydrogen-bond acceptors (Lipinski definition) is 2. The summed E-state index contributed by atoms with van der Waals surface area (Å²) in [6.45, 7) is 3.72. The summed E-state index contributed by atoms with van der Waals surface area (Å²) >= 11 is 6.39. The minimum Gasteiger partial charge on any atom is -0.308 e. The van der Waals surface area contributed by atoms with Crippen LogP contribution in [0.5, 0.6) is 0 Å². The number of carbonyl (C=O) groups is 1. The lowest BCUT2D eigenvalue weighted by atomic mass is 10.1. The van der Waals surface area contributed by atoms with E-state index in [9.17, 15) is 4.79 Å². The molecule has 0 fully saturated rings. The van der Waals surface area contributed by atoms with Crippen LogP contribution < -0.4 is 10.6 Å². The first-order valence-corrected chi connectivity index (χ1v) is 8.29. The number of carbonyl (C=O) groups excluding carboxylic acids is 1. The third kappa shape index (κ3) is 4.19. The molecule has 128 valence electrons. The Morgan fingerprint density at radius 1 is 1.00 bits per heavy atom. The maximum absolute atomic E-state index is 12.3. The van der Waals surface area contributed by atoms with Crippen LogP contribution in [0.3, 0.4) is 0 Å². The summed E-state index contributed by atoms with van der Waals surface area (Å²) in [5.41, 5.74) is 2.22. The van der Waals surface area contributed by atoms with Crippen LogP contribution in [0.2, 0.25) is 0 Å². The molecule has 25 heavy (non-hydrogen) atoms. The number of hydrogen-bond donors (Lipinski definition) is 2. The molecule has 0 aliphatic heterocycles. The largest absolute Gasteiger partial charge is 0.324 e. The number of aromatic nitrogens is 2. The number of rotatable bonds is 4. The Hall–Kier alpha value is -2.79. The molecule has 3 rings (SSSR count). The number of halogens is 1. The fourth-order valence-corrected chi connectivity index (χ4v) is 2.42. The standard InChI is InChI=1S/C19H19ClN4O/c1-19(2,20)16-13-17(24(23-16)15-11-7-4-8-12-15)22-18(25)21-14-9-5-3-6-10-14/h3-13H,1-2H3,(H2,21,22,25). The normalized spacial score (nSPS) is 11.2. The molecule has 0 unspecified atom stereocenters. The van der Waals surface area contributed by atoms with Crippen molar-refractivity contribution in [3.8, 4) is 5.69 Å². The zero-order valence-electron chi connectivity index (χ0n) is 14.0. The van der Waals surface area contributed by atoms with Gasteiger partial charge in [0.15, 0.2) is 0 Å². The topological polar surface area (TPSA) is 59.0 Å². The number of anilines is 2. The van der Waals surface area contributed by atoms with Crippen LogP contribution in [-0.2, 0) is 4.87 Å². The Labute approximate surface area is 151 Å². The van der Waals surface area contributed by atoms with Gasteiger partial charge in [0, 0.05) is 11.8 Å². The average Bonchev–Trinajstić information content (AvgIpc) is 3.00. The van der Waals surface area contributed by atoms with Crippen molar-refractivity contribution in [1.82, 2.24) is 9.78 Å². The highest BCUT2D eigenvalue weighted by atomic mass is 35.5. The molecule has 0 aliphatic rings. The third-order valence-corrected chi connectivity index (χ3v) is 3.79. The second-order valence-corrected chi connectivity index (χ2v) is 7.02. The van der Waals surface area contributed by atoms with Crippen LogP contribution in [0.25, 0.3) is 5.69 Å². The van der Waals surface area contributed by atoms with Crippen molar-refractivity contribution in [1.29, 1.82) is 0 Å². The fourth-order valence-electron chi connectivity index (χ4n) is 2.33. The van der Waals surface area contributed by atoms with E-state index in [1.54, 1.807) is 10.7 Å². The first-order valence-electron chi connectivity index (χ1n) is 7.91. The van der Waals surface area contributed by atoms with Gasteiger partial charge in [0.2, 0.25) is 0 Å². The summed E-state index contributed by atoms with van der Waals surface area (Å²) in [6.07, 6.45) is 0. The highest BCUT2D eigenvalue weighted by Gasteiger charge is 2.23. The molecule has 0 radical (unpaired) electrons. The van der Waals surface area contributed by atoms with Gasteiger partial charge in [-0.25, -0.2) is 9.48 Å². The SMILES string of the molecule is CC(C)(Cl)c1cc(NC(=O)Nc2ccccc2)n(-c2ccccc2)n1. The van der Waals surface area contributed by atoms with Crippen molar-refractivity contribution < 1.29 is 4.79 Å². The first kappa shape index (κ1) is 17.0. The van der Waals surface area contributed by atoms with Gasteiger partial charge in [-0.1, -0.05) is 36.4 Å². The van der Waals surface area contributed by atoms with E-state index in [0.717, 1.165) is 5.69 Å². The maximum Gasteiger partial charge on any atom is 0.324 e. The molecule has 5 nitrogen and oxygen atoms in total. The fraction of sp³-hybridized carbons (Fsp3) is 0.158. The van der Waals surface area contributed by atoms with E-state index in [4.69, 9.17) is 11.6 Å². The summed E-state index contributed by atoms with van der Waals surface area (Å²) < 4.78 is 1.67. The van der Waals surface area contributed by atoms with Crippen LogP contribution in [0.15, 0.2) is 66.7 Å². The maximum atomic E-state index is 12.3. The third-order valence-electron chi connectivity index (χ3n) is 3.59. The number of amides is 2. The van der Waals surface area contributed by atoms with Gasteiger partial charge in [0.1, 0.15) is 5.82 Å². The van der Waals surface area contributed by atoms with E-state index in [2.05, 4.69) is 15.7 Å². The van der Waals surface area contributed by atoms with Gasteiger partial charge < -0.3 is 5.32 Å². The highest BCUT2D eigenvalue weighted by molar-refractivity contribution is 6.23. The molecule has 6 heteroatoms. The van der Waals surface area contributed by atoms with Gasteiger partial charge >= 0.3 is 6.03 Å². The van der Waals surface area contributed by atoms with Gasteiger partial charge in [-0.2, -0.15) is 5.10 Å². The van der Waals surface area contributed by atoms with Crippen LogP contribution in [0.1, 0.15) is 19.5 Å². The van der Waals surface area contributed by atoms with Gasteiger partial charge in [-0.15, -0.1) is 11.6 Å². The molecule has 0 saturated carbocycles. The predicted octanol–water partition coefficient (Wildman–Crippen LogP) is 4.99. The predicted molar refractivity (Wildman–Crippen MR) is 102 cm³/mol. The molecule has 0 saturated heterocycles. The van der Waals surface area contributed by atoms with Crippen molar-refractivity contribution in [2.75, 3.05) is 10.6 Å². The molecular weight excluding hydrogens is 336 g/mol. The molecule has 0 aliphatic carbocycles. The second-order valence-electron chi connectivity index (χ2n) is 6.08. The second kappa shape index (κ2) is 6.99. The van der Waals surface area contributed by atoms with E-state index in [1.807, 2.05) is 74.5 Å². The smallest absolute Gasteiger partial charge is 0.308 e. The average molecular weight is 355 g/mol. The molecule has 1 aromatic heterocycles. The summed E-state index contributed by atoms with van der Waals surface area (Å²) in [6, 6.07) is 20.3. The first-order chi connectivity index (χ1) is 11.9. The summed E-state index contributed by atoms with van der Waals surface area (Å²) in [4.78, 5) is 11.7. The zero-order chi connectivity index (χ0) is 17.9. The minimum absolute atomic E-state index is 0.345. The van der Waals surface area contributed by atoms with Gasteiger partial charge in [-0.05, 0) is 38.1 Å². The summed E-state index contributed by atoms with van der Waals surface area (Å²) in [5.74, 6) is 0.545. The van der Waals surface area contributed by atoms with Crippen molar-refractivity contribution in [2.24, 2.45) is 0 Å². The Balaban J connectivity index is 1.89. The number of nitrogens with zero attached hydrogens (tertiary/aromatic N) is 2. The number of alkyl halides is 1. The van der Waals surface area contributed by atoms with Crippen molar-refractivity contribution in [3.05, 3.63) is 72.4 Å². The van der Waals surface area contributed by atoms with Crippen molar-refractivity contribution >= 4 is 29.1 Å². The summed E-state index contributed by atoms with van der Waals surface area (Å²) in [7, 11) is 0. The number of para-hydroxylation sites is 2. The van der Waals surface area contributed by atoms with E-state index in [-0.39, 0.29) is 6.03 Å². The van der Waals surface area contributed by atoms with Gasteiger partial charge in [-0.3, -0.25) is 5.32 Å². The van der Waals surface area contributed by atoms with Crippen LogP contribution in [0, 0.1) is 0 Å².